The second-order valence-corrected chi connectivity index (χ2v) is 13.0. The van der Waals surface area contributed by atoms with Crippen molar-refractivity contribution in [2.24, 2.45) is 0 Å². The molecule has 1 aliphatic rings. The maximum Gasteiger partial charge on any atom is 0.245 e. The van der Waals surface area contributed by atoms with Gasteiger partial charge in [-0.05, 0) is 18.1 Å². The largest absolute Gasteiger partial charge is 0.479 e. The van der Waals surface area contributed by atoms with Gasteiger partial charge < -0.3 is 19.0 Å². The molecule has 1 saturated heterocycles. The molecule has 3 atom stereocenters. The fraction of sp³-hybridized carbons (Fsp3) is 0.706. The lowest BCUT2D eigenvalue weighted by atomic mass is 10.2. The minimum absolute atomic E-state index is 0.115. The van der Waals surface area contributed by atoms with Gasteiger partial charge in [0.15, 0.2) is 19.5 Å². The summed E-state index contributed by atoms with van der Waals surface area (Å²) in [4.78, 5) is 12.7. The molecule has 0 radical (unpaired) electrons. The summed E-state index contributed by atoms with van der Waals surface area (Å²) in [6, 6.07) is 0. The van der Waals surface area contributed by atoms with Crippen molar-refractivity contribution in [2.75, 3.05) is 13.7 Å². The van der Waals surface area contributed by atoms with Crippen LogP contribution in [0.1, 0.15) is 33.4 Å². The minimum Gasteiger partial charge on any atom is -0.479 e. The zero-order valence-corrected chi connectivity index (χ0v) is 17.3. The van der Waals surface area contributed by atoms with E-state index in [4.69, 9.17) is 13.9 Å². The highest BCUT2D eigenvalue weighted by atomic mass is 28.4. The predicted octanol–water partition coefficient (Wildman–Crippen LogP) is 2.51. The first-order chi connectivity index (χ1) is 12.1. The van der Waals surface area contributed by atoms with Crippen LogP contribution in [0.2, 0.25) is 18.1 Å². The number of aliphatic hydroxyl groups excluding tert-OH is 1. The van der Waals surface area contributed by atoms with E-state index in [1.807, 2.05) is 4.57 Å². The first-order valence-electron chi connectivity index (χ1n) is 8.83. The molecule has 2 aromatic heterocycles. The van der Waals surface area contributed by atoms with Crippen LogP contribution in [-0.2, 0) is 9.16 Å². The lowest BCUT2D eigenvalue weighted by molar-refractivity contribution is -0.0405. The summed E-state index contributed by atoms with van der Waals surface area (Å²) in [6.07, 6.45) is 2.24. The van der Waals surface area contributed by atoms with Gasteiger partial charge in [0, 0.05) is 6.42 Å². The SMILES string of the molecule is COc1ncnc2c1ncn2[C@H]1C[C@H](O)[C@@H](CO[Si](C)(C)C(C)(C)C)O1. The summed E-state index contributed by atoms with van der Waals surface area (Å²) < 4.78 is 19.3. The molecule has 0 amide bonds. The smallest absolute Gasteiger partial charge is 0.245 e. The number of nitrogens with zero attached hydrogens (tertiary/aromatic N) is 4. The summed E-state index contributed by atoms with van der Waals surface area (Å²) in [6.45, 7) is 11.4. The van der Waals surface area contributed by atoms with Gasteiger partial charge in [0.2, 0.25) is 5.88 Å². The Kier molecular flexibility index (Phi) is 5.08. The Labute approximate surface area is 154 Å². The number of rotatable bonds is 5. The topological polar surface area (TPSA) is 91.5 Å². The molecular weight excluding hydrogens is 352 g/mol. The van der Waals surface area contributed by atoms with Crippen molar-refractivity contribution in [2.45, 2.75) is 63.8 Å². The second kappa shape index (κ2) is 6.88. The van der Waals surface area contributed by atoms with Crippen LogP contribution in [0.5, 0.6) is 5.88 Å². The summed E-state index contributed by atoms with van der Waals surface area (Å²) in [5.74, 6) is 0.421. The molecule has 0 bridgehead atoms. The van der Waals surface area contributed by atoms with Gasteiger partial charge in [0.25, 0.3) is 0 Å². The van der Waals surface area contributed by atoms with Gasteiger partial charge in [0.05, 0.1) is 26.1 Å². The second-order valence-electron chi connectivity index (χ2n) is 8.21. The van der Waals surface area contributed by atoms with Crippen molar-refractivity contribution in [1.82, 2.24) is 19.5 Å². The van der Waals surface area contributed by atoms with Crippen molar-refractivity contribution in [1.29, 1.82) is 0 Å². The third-order valence-electron chi connectivity index (χ3n) is 5.45. The maximum atomic E-state index is 10.4. The summed E-state index contributed by atoms with van der Waals surface area (Å²) in [5.41, 5.74) is 1.20. The molecule has 0 spiro atoms. The Morgan fingerprint density at radius 2 is 2.04 bits per heavy atom. The Balaban J connectivity index is 1.73. The van der Waals surface area contributed by atoms with Crippen LogP contribution in [-0.4, -0.2) is 58.9 Å². The normalized spacial score (nSPS) is 24.3. The fourth-order valence-electron chi connectivity index (χ4n) is 2.73. The van der Waals surface area contributed by atoms with E-state index in [0.29, 0.717) is 30.1 Å². The molecule has 2 aromatic rings. The number of hydrogen-bond acceptors (Lipinski definition) is 7. The molecule has 26 heavy (non-hydrogen) atoms. The highest BCUT2D eigenvalue weighted by molar-refractivity contribution is 6.74. The van der Waals surface area contributed by atoms with Gasteiger partial charge in [-0.15, -0.1) is 0 Å². The number of fused-ring (bicyclic) bond motifs is 1. The number of aromatic nitrogens is 4. The first-order valence-corrected chi connectivity index (χ1v) is 11.7. The first kappa shape index (κ1) is 19.2. The van der Waals surface area contributed by atoms with Crippen LogP contribution in [0.4, 0.5) is 0 Å². The fourth-order valence-corrected chi connectivity index (χ4v) is 3.75. The molecule has 144 valence electrons. The maximum absolute atomic E-state index is 10.4. The number of imidazole rings is 1. The van der Waals surface area contributed by atoms with Crippen molar-refractivity contribution >= 4 is 19.5 Å². The molecule has 3 rings (SSSR count). The predicted molar refractivity (Wildman–Crippen MR) is 99.6 cm³/mol. The van der Waals surface area contributed by atoms with Gasteiger partial charge in [-0.1, -0.05) is 20.8 Å². The molecule has 0 unspecified atom stereocenters. The van der Waals surface area contributed by atoms with Gasteiger partial charge in [0.1, 0.15) is 18.7 Å². The molecule has 0 aromatic carbocycles. The van der Waals surface area contributed by atoms with Crippen molar-refractivity contribution < 1.29 is 19.0 Å². The molecule has 1 aliphatic heterocycles. The van der Waals surface area contributed by atoms with Crippen LogP contribution in [0.3, 0.4) is 0 Å². The van der Waals surface area contributed by atoms with Gasteiger partial charge >= 0.3 is 0 Å². The summed E-state index contributed by atoms with van der Waals surface area (Å²) >= 11 is 0. The van der Waals surface area contributed by atoms with Crippen molar-refractivity contribution in [3.63, 3.8) is 0 Å². The molecule has 0 aliphatic carbocycles. The van der Waals surface area contributed by atoms with Crippen molar-refractivity contribution in [3.05, 3.63) is 12.7 Å². The molecule has 8 nitrogen and oxygen atoms in total. The zero-order chi connectivity index (χ0) is 19.1. The lowest BCUT2D eigenvalue weighted by Gasteiger charge is -2.37. The Morgan fingerprint density at radius 3 is 2.69 bits per heavy atom. The van der Waals surface area contributed by atoms with E-state index < -0.39 is 14.4 Å². The zero-order valence-electron chi connectivity index (χ0n) is 16.3. The third kappa shape index (κ3) is 3.48. The van der Waals surface area contributed by atoms with Gasteiger partial charge in [-0.25, -0.2) is 9.97 Å². The third-order valence-corrected chi connectivity index (χ3v) is 9.95. The molecule has 3 heterocycles. The van der Waals surface area contributed by atoms with Crippen LogP contribution < -0.4 is 4.74 Å². The van der Waals surface area contributed by atoms with Crippen molar-refractivity contribution in [3.8, 4) is 5.88 Å². The molecular formula is C17H28N4O4Si. The van der Waals surface area contributed by atoms with Gasteiger partial charge in [-0.2, -0.15) is 4.98 Å². The molecule has 0 saturated carbocycles. The standard InChI is InChI=1S/C17H28N4O4Si/c1-17(2,3)26(5,6)24-8-12-11(22)7-13(25-12)21-10-20-14-15(21)18-9-19-16(14)23-4/h9-13,22H,7-8H2,1-6H3/t11-,12+,13+/m0/s1. The van der Waals surface area contributed by atoms with Crippen LogP contribution >= 0.6 is 0 Å². The lowest BCUT2D eigenvalue weighted by Crippen LogP contribution is -2.43. The molecule has 1 N–H and O–H groups in total. The number of hydrogen-bond donors (Lipinski definition) is 1. The Bertz CT molecular complexity index is 774. The number of methoxy groups -OCH3 is 1. The Hall–Kier alpha value is -1.55. The molecule has 9 heteroatoms. The highest BCUT2D eigenvalue weighted by Crippen LogP contribution is 2.38. The summed E-state index contributed by atoms with van der Waals surface area (Å²) in [7, 11) is -0.347. The number of ether oxygens (including phenoxy) is 2. The van der Waals surface area contributed by atoms with E-state index in [1.165, 1.54) is 6.33 Å². The average molecular weight is 381 g/mol. The van der Waals surface area contributed by atoms with E-state index in [0.717, 1.165) is 0 Å². The monoisotopic (exact) mass is 380 g/mol. The Morgan fingerprint density at radius 1 is 1.31 bits per heavy atom. The van der Waals surface area contributed by atoms with E-state index in [9.17, 15) is 5.11 Å². The average Bonchev–Trinajstić information content (AvgIpc) is 3.15. The number of aliphatic hydroxyl groups is 1. The van der Waals surface area contributed by atoms with E-state index in [2.05, 4.69) is 48.8 Å². The summed E-state index contributed by atoms with van der Waals surface area (Å²) in [5, 5.41) is 10.6. The highest BCUT2D eigenvalue weighted by Gasteiger charge is 2.41. The van der Waals surface area contributed by atoms with E-state index in [1.54, 1.807) is 13.4 Å². The van der Waals surface area contributed by atoms with Crippen LogP contribution in [0.15, 0.2) is 12.7 Å². The van der Waals surface area contributed by atoms with Crippen LogP contribution in [0, 0.1) is 0 Å². The van der Waals surface area contributed by atoms with Crippen LogP contribution in [0.25, 0.3) is 11.2 Å². The van der Waals surface area contributed by atoms with E-state index >= 15 is 0 Å². The molecule has 1 fully saturated rings. The van der Waals surface area contributed by atoms with E-state index in [-0.39, 0.29) is 17.4 Å². The minimum atomic E-state index is -1.89. The van der Waals surface area contributed by atoms with Gasteiger partial charge in [-0.3, -0.25) is 4.57 Å². The quantitative estimate of drug-likeness (QED) is 0.797.